The Bertz CT molecular complexity index is 214. The van der Waals surface area contributed by atoms with Crippen molar-refractivity contribution in [2.45, 2.75) is 12.8 Å². The highest BCUT2D eigenvalue weighted by atomic mass is 35.5. The van der Waals surface area contributed by atoms with Crippen LogP contribution in [0.4, 0.5) is 0 Å². The van der Waals surface area contributed by atoms with Crippen molar-refractivity contribution in [3.63, 3.8) is 0 Å². The predicted molar refractivity (Wildman–Crippen MR) is 39.5 cm³/mol. The first-order chi connectivity index (χ1) is 5.33. The summed E-state index contributed by atoms with van der Waals surface area (Å²) in [5.41, 5.74) is 0. The standard InChI is InChI=1S/C6H9ClN2O2/c1-10-4-2-3-5-8-6(7)11-9-5/h2-4H2,1H3. The van der Waals surface area contributed by atoms with Gasteiger partial charge < -0.3 is 9.26 Å². The minimum Gasteiger partial charge on any atom is -0.385 e. The maximum Gasteiger partial charge on any atom is 0.320 e. The Hall–Kier alpha value is -0.610. The van der Waals surface area contributed by atoms with Gasteiger partial charge in [-0.15, -0.1) is 0 Å². The molecule has 5 heteroatoms. The Balaban J connectivity index is 2.27. The van der Waals surface area contributed by atoms with Crippen LogP contribution in [0.2, 0.25) is 5.35 Å². The van der Waals surface area contributed by atoms with E-state index in [1.807, 2.05) is 0 Å². The van der Waals surface area contributed by atoms with Crippen LogP contribution in [0.15, 0.2) is 4.52 Å². The van der Waals surface area contributed by atoms with Crippen molar-refractivity contribution >= 4 is 11.6 Å². The van der Waals surface area contributed by atoms with Crippen LogP contribution in [0.25, 0.3) is 0 Å². The fraction of sp³-hybridized carbons (Fsp3) is 0.667. The van der Waals surface area contributed by atoms with Gasteiger partial charge in [-0.3, -0.25) is 0 Å². The number of aromatic nitrogens is 2. The van der Waals surface area contributed by atoms with Gasteiger partial charge in [0, 0.05) is 20.1 Å². The zero-order valence-electron chi connectivity index (χ0n) is 6.21. The van der Waals surface area contributed by atoms with Crippen LogP contribution in [0.1, 0.15) is 12.2 Å². The van der Waals surface area contributed by atoms with Crippen molar-refractivity contribution in [2.75, 3.05) is 13.7 Å². The van der Waals surface area contributed by atoms with Crippen molar-refractivity contribution in [3.05, 3.63) is 11.2 Å². The van der Waals surface area contributed by atoms with Crippen LogP contribution in [-0.2, 0) is 11.2 Å². The van der Waals surface area contributed by atoms with Gasteiger partial charge in [-0.1, -0.05) is 5.16 Å². The summed E-state index contributed by atoms with van der Waals surface area (Å²) in [6, 6.07) is 0. The summed E-state index contributed by atoms with van der Waals surface area (Å²) in [6.45, 7) is 0.701. The highest BCUT2D eigenvalue weighted by molar-refractivity contribution is 6.27. The second kappa shape index (κ2) is 4.31. The highest BCUT2D eigenvalue weighted by Gasteiger charge is 2.01. The van der Waals surface area contributed by atoms with Gasteiger partial charge in [0.25, 0.3) is 0 Å². The van der Waals surface area contributed by atoms with Gasteiger partial charge in [0.2, 0.25) is 0 Å². The van der Waals surface area contributed by atoms with Gasteiger partial charge in [-0.25, -0.2) is 0 Å². The first-order valence-corrected chi connectivity index (χ1v) is 3.67. The first kappa shape index (κ1) is 8.49. The van der Waals surface area contributed by atoms with Gasteiger partial charge >= 0.3 is 5.35 Å². The molecule has 0 aromatic carbocycles. The molecule has 0 aliphatic carbocycles. The Kier molecular flexibility index (Phi) is 3.32. The van der Waals surface area contributed by atoms with Gasteiger partial charge in [0.1, 0.15) is 0 Å². The number of hydrogen-bond donors (Lipinski definition) is 0. The van der Waals surface area contributed by atoms with Crippen molar-refractivity contribution < 1.29 is 9.26 Å². The summed E-state index contributed by atoms with van der Waals surface area (Å²) in [6.07, 6.45) is 1.62. The summed E-state index contributed by atoms with van der Waals surface area (Å²) in [7, 11) is 1.66. The SMILES string of the molecule is COCCCc1noc(Cl)n1. The lowest BCUT2D eigenvalue weighted by atomic mass is 10.3. The van der Waals surface area contributed by atoms with Crippen LogP contribution >= 0.6 is 11.6 Å². The van der Waals surface area contributed by atoms with E-state index in [0.29, 0.717) is 12.4 Å². The monoisotopic (exact) mass is 176 g/mol. The van der Waals surface area contributed by atoms with E-state index in [0.717, 1.165) is 12.8 Å². The highest BCUT2D eigenvalue weighted by Crippen LogP contribution is 2.04. The molecule has 0 aliphatic heterocycles. The van der Waals surface area contributed by atoms with Crippen molar-refractivity contribution in [2.24, 2.45) is 0 Å². The average Bonchev–Trinajstić information content (AvgIpc) is 2.37. The van der Waals surface area contributed by atoms with Crippen LogP contribution in [-0.4, -0.2) is 23.9 Å². The number of nitrogens with zero attached hydrogens (tertiary/aromatic N) is 2. The Morgan fingerprint density at radius 3 is 3.00 bits per heavy atom. The molecule has 0 atom stereocenters. The maximum absolute atomic E-state index is 5.40. The van der Waals surface area contributed by atoms with Crippen LogP contribution in [0, 0.1) is 0 Å². The molecule has 1 aromatic rings. The molecule has 4 nitrogen and oxygen atoms in total. The molecule has 62 valence electrons. The van der Waals surface area contributed by atoms with Crippen LogP contribution in [0.3, 0.4) is 0 Å². The summed E-state index contributed by atoms with van der Waals surface area (Å²) in [4.78, 5) is 3.81. The Labute approximate surface area is 69.5 Å². The van der Waals surface area contributed by atoms with E-state index >= 15 is 0 Å². The molecule has 0 fully saturated rings. The molecular weight excluding hydrogens is 168 g/mol. The summed E-state index contributed by atoms with van der Waals surface area (Å²) >= 11 is 5.40. The lowest BCUT2D eigenvalue weighted by Crippen LogP contribution is -1.93. The Morgan fingerprint density at radius 1 is 1.64 bits per heavy atom. The molecule has 0 saturated heterocycles. The minimum absolute atomic E-state index is 0.0948. The molecule has 0 spiro atoms. The molecule has 11 heavy (non-hydrogen) atoms. The molecule has 1 rings (SSSR count). The largest absolute Gasteiger partial charge is 0.385 e. The fourth-order valence-electron chi connectivity index (χ4n) is 0.709. The van der Waals surface area contributed by atoms with Crippen molar-refractivity contribution in [1.82, 2.24) is 10.1 Å². The summed E-state index contributed by atoms with van der Waals surface area (Å²) < 4.78 is 9.41. The third-order valence-electron chi connectivity index (χ3n) is 1.19. The predicted octanol–water partition coefficient (Wildman–Crippen LogP) is 1.30. The number of methoxy groups -OCH3 is 1. The van der Waals surface area contributed by atoms with E-state index in [-0.39, 0.29) is 5.35 Å². The number of rotatable bonds is 4. The lowest BCUT2D eigenvalue weighted by Gasteiger charge is -1.92. The molecule has 0 aliphatic rings. The number of halogens is 1. The molecular formula is C6H9ClN2O2. The van der Waals surface area contributed by atoms with Crippen LogP contribution < -0.4 is 0 Å². The van der Waals surface area contributed by atoms with Crippen molar-refractivity contribution in [1.29, 1.82) is 0 Å². The molecule has 0 saturated carbocycles. The molecule has 0 N–H and O–H groups in total. The summed E-state index contributed by atoms with van der Waals surface area (Å²) in [5.74, 6) is 0.632. The van der Waals surface area contributed by atoms with E-state index in [1.165, 1.54) is 0 Å². The normalized spacial score (nSPS) is 10.4. The molecule has 1 aromatic heterocycles. The zero-order valence-corrected chi connectivity index (χ0v) is 6.97. The molecule has 0 radical (unpaired) electrons. The van der Waals surface area contributed by atoms with Gasteiger partial charge in [0.15, 0.2) is 5.82 Å². The molecule has 0 unspecified atom stereocenters. The third-order valence-corrected chi connectivity index (χ3v) is 1.35. The quantitative estimate of drug-likeness (QED) is 0.649. The smallest absolute Gasteiger partial charge is 0.320 e. The summed E-state index contributed by atoms with van der Waals surface area (Å²) in [5, 5.41) is 3.71. The fourth-order valence-corrected chi connectivity index (χ4v) is 0.841. The van der Waals surface area contributed by atoms with E-state index in [2.05, 4.69) is 14.7 Å². The number of hydrogen-bond acceptors (Lipinski definition) is 4. The second-order valence-corrected chi connectivity index (χ2v) is 2.38. The average molecular weight is 177 g/mol. The number of ether oxygens (including phenoxy) is 1. The van der Waals surface area contributed by atoms with Crippen LogP contribution in [0.5, 0.6) is 0 Å². The van der Waals surface area contributed by atoms with E-state index in [4.69, 9.17) is 16.3 Å². The van der Waals surface area contributed by atoms with E-state index in [9.17, 15) is 0 Å². The Morgan fingerprint density at radius 2 is 2.45 bits per heavy atom. The molecule has 0 amide bonds. The molecule has 0 bridgehead atoms. The molecule has 1 heterocycles. The lowest BCUT2D eigenvalue weighted by molar-refractivity contribution is 0.194. The van der Waals surface area contributed by atoms with Gasteiger partial charge in [-0.05, 0) is 18.0 Å². The zero-order chi connectivity index (χ0) is 8.10. The third kappa shape index (κ3) is 2.86. The van der Waals surface area contributed by atoms with Gasteiger partial charge in [-0.2, -0.15) is 4.98 Å². The topological polar surface area (TPSA) is 48.2 Å². The van der Waals surface area contributed by atoms with Crippen molar-refractivity contribution in [3.8, 4) is 0 Å². The van der Waals surface area contributed by atoms with Gasteiger partial charge in [0.05, 0.1) is 0 Å². The van der Waals surface area contributed by atoms with E-state index in [1.54, 1.807) is 7.11 Å². The maximum atomic E-state index is 5.40. The second-order valence-electron chi connectivity index (χ2n) is 2.06. The minimum atomic E-state index is 0.0948. The first-order valence-electron chi connectivity index (χ1n) is 3.30. The van der Waals surface area contributed by atoms with E-state index < -0.39 is 0 Å². The number of aryl methyl sites for hydroxylation is 1.